The fourth-order valence-electron chi connectivity index (χ4n) is 3.13. The predicted molar refractivity (Wildman–Crippen MR) is 98.8 cm³/mol. The van der Waals surface area contributed by atoms with Crippen LogP contribution in [0.25, 0.3) is 0 Å². The van der Waals surface area contributed by atoms with Gasteiger partial charge < -0.3 is 4.90 Å². The highest BCUT2D eigenvalue weighted by molar-refractivity contribution is 8.01. The van der Waals surface area contributed by atoms with Gasteiger partial charge in [0.1, 0.15) is 0 Å². The van der Waals surface area contributed by atoms with E-state index < -0.39 is 4.87 Å². The first-order chi connectivity index (χ1) is 11.1. The fraction of sp³-hybridized carbons (Fsp3) is 0.176. The highest BCUT2D eigenvalue weighted by atomic mass is 35.5. The minimum Gasteiger partial charge on any atom is -0.321 e. The lowest BCUT2D eigenvalue weighted by molar-refractivity contribution is -0.121. The van der Waals surface area contributed by atoms with E-state index in [4.69, 9.17) is 23.8 Å². The molecule has 2 aliphatic rings. The van der Waals surface area contributed by atoms with Crippen molar-refractivity contribution in [2.24, 2.45) is 0 Å². The standard InChI is InChI=1S/C17H13ClN2OS2/c18-13-6-8-14(9-7-13)20-15(21)17(12-4-2-1-3-5-12)19(16(20)22)10-11-23-17/h1-9H,10-11H2. The van der Waals surface area contributed by atoms with Crippen molar-refractivity contribution in [3.63, 3.8) is 0 Å². The number of anilines is 1. The summed E-state index contributed by atoms with van der Waals surface area (Å²) in [6, 6.07) is 17.1. The Labute approximate surface area is 149 Å². The molecule has 0 bridgehead atoms. The van der Waals surface area contributed by atoms with Crippen LogP contribution in [-0.4, -0.2) is 28.2 Å². The molecule has 0 aliphatic carbocycles. The molecule has 1 unspecified atom stereocenters. The van der Waals surface area contributed by atoms with Gasteiger partial charge in [-0.15, -0.1) is 11.8 Å². The highest BCUT2D eigenvalue weighted by Gasteiger charge is 2.59. The van der Waals surface area contributed by atoms with Gasteiger partial charge in [-0.2, -0.15) is 0 Å². The number of hydrogen-bond donors (Lipinski definition) is 0. The number of halogens is 1. The van der Waals surface area contributed by atoms with Crippen LogP contribution in [0, 0.1) is 0 Å². The van der Waals surface area contributed by atoms with E-state index in [0.717, 1.165) is 23.5 Å². The molecule has 4 rings (SSSR count). The van der Waals surface area contributed by atoms with Crippen LogP contribution in [0.15, 0.2) is 54.6 Å². The zero-order valence-electron chi connectivity index (χ0n) is 12.1. The zero-order chi connectivity index (χ0) is 16.0. The van der Waals surface area contributed by atoms with Gasteiger partial charge in [0.15, 0.2) is 9.98 Å². The normalized spacial score (nSPS) is 23.5. The Morgan fingerprint density at radius 2 is 1.78 bits per heavy atom. The monoisotopic (exact) mass is 360 g/mol. The number of nitrogens with zero attached hydrogens (tertiary/aromatic N) is 2. The van der Waals surface area contributed by atoms with Crippen LogP contribution in [0.1, 0.15) is 5.56 Å². The summed E-state index contributed by atoms with van der Waals surface area (Å²) in [4.78, 5) is 16.3. The number of fused-ring (bicyclic) bond motifs is 1. The molecule has 2 aliphatic heterocycles. The van der Waals surface area contributed by atoms with E-state index >= 15 is 0 Å². The molecule has 2 saturated heterocycles. The number of amides is 1. The number of thiocarbonyl (C=S) groups is 1. The number of carbonyl (C=O) groups excluding carboxylic acids is 1. The molecular weight excluding hydrogens is 348 g/mol. The average Bonchev–Trinajstić information content (AvgIpc) is 3.10. The van der Waals surface area contributed by atoms with Crippen molar-refractivity contribution in [2.45, 2.75) is 4.87 Å². The van der Waals surface area contributed by atoms with Gasteiger partial charge >= 0.3 is 0 Å². The molecule has 3 nitrogen and oxygen atoms in total. The van der Waals surface area contributed by atoms with Gasteiger partial charge in [0.25, 0.3) is 5.91 Å². The lowest BCUT2D eigenvalue weighted by Gasteiger charge is -2.28. The average molecular weight is 361 g/mol. The molecule has 23 heavy (non-hydrogen) atoms. The van der Waals surface area contributed by atoms with Crippen LogP contribution in [-0.2, 0) is 9.67 Å². The molecule has 6 heteroatoms. The quantitative estimate of drug-likeness (QED) is 0.758. The van der Waals surface area contributed by atoms with Gasteiger partial charge in [-0.25, -0.2) is 0 Å². The topological polar surface area (TPSA) is 23.6 Å². The van der Waals surface area contributed by atoms with Gasteiger partial charge in [0.05, 0.1) is 5.69 Å². The minimum atomic E-state index is -0.738. The van der Waals surface area contributed by atoms with Crippen LogP contribution < -0.4 is 4.90 Å². The van der Waals surface area contributed by atoms with Crippen LogP contribution in [0.4, 0.5) is 5.69 Å². The maximum Gasteiger partial charge on any atom is 0.274 e. The Hall–Kier alpha value is -1.56. The van der Waals surface area contributed by atoms with Crippen LogP contribution >= 0.6 is 35.6 Å². The van der Waals surface area contributed by atoms with Crippen molar-refractivity contribution in [2.75, 3.05) is 17.2 Å². The van der Waals surface area contributed by atoms with Crippen molar-refractivity contribution in [1.82, 2.24) is 4.90 Å². The highest BCUT2D eigenvalue weighted by Crippen LogP contribution is 2.51. The van der Waals surface area contributed by atoms with Gasteiger partial charge in [-0.1, -0.05) is 41.9 Å². The summed E-state index contributed by atoms with van der Waals surface area (Å²) in [5.74, 6) is 0.883. The van der Waals surface area contributed by atoms with Gasteiger partial charge in [0, 0.05) is 17.3 Å². The van der Waals surface area contributed by atoms with Gasteiger partial charge in [-0.3, -0.25) is 9.69 Å². The second-order valence-electron chi connectivity index (χ2n) is 5.41. The molecule has 2 aromatic carbocycles. The largest absolute Gasteiger partial charge is 0.321 e. The lowest BCUT2D eigenvalue weighted by atomic mass is 10.1. The van der Waals surface area contributed by atoms with E-state index in [0.29, 0.717) is 10.1 Å². The predicted octanol–water partition coefficient (Wildman–Crippen LogP) is 3.87. The van der Waals surface area contributed by atoms with E-state index in [-0.39, 0.29) is 5.91 Å². The first-order valence-electron chi connectivity index (χ1n) is 7.26. The summed E-state index contributed by atoms with van der Waals surface area (Å²) >= 11 is 13.2. The Morgan fingerprint density at radius 1 is 1.09 bits per heavy atom. The molecule has 2 aromatic rings. The van der Waals surface area contributed by atoms with Gasteiger partial charge in [0.2, 0.25) is 0 Å². The van der Waals surface area contributed by atoms with Crippen LogP contribution in [0.3, 0.4) is 0 Å². The SMILES string of the molecule is O=C1N(c2ccc(Cl)cc2)C(=S)N2CCSC12c1ccccc1. The van der Waals surface area contributed by atoms with Crippen molar-refractivity contribution in [3.05, 3.63) is 65.2 Å². The summed E-state index contributed by atoms with van der Waals surface area (Å²) in [6.07, 6.45) is 0. The van der Waals surface area contributed by atoms with Crippen molar-refractivity contribution in [1.29, 1.82) is 0 Å². The number of hydrogen-bond acceptors (Lipinski definition) is 3. The summed E-state index contributed by atoms with van der Waals surface area (Å²) in [5.41, 5.74) is 1.74. The third kappa shape index (κ3) is 2.11. The first kappa shape index (κ1) is 15.0. The number of rotatable bonds is 2. The lowest BCUT2D eigenvalue weighted by Crippen LogP contribution is -2.39. The smallest absolute Gasteiger partial charge is 0.274 e. The third-order valence-electron chi connectivity index (χ3n) is 4.17. The number of benzene rings is 2. The molecule has 0 N–H and O–H groups in total. The minimum absolute atomic E-state index is 0.00137. The summed E-state index contributed by atoms with van der Waals surface area (Å²) < 4.78 is 0. The maximum absolute atomic E-state index is 13.3. The molecule has 0 saturated carbocycles. The fourth-order valence-corrected chi connectivity index (χ4v) is 5.15. The van der Waals surface area contributed by atoms with E-state index in [1.807, 2.05) is 47.4 Å². The number of carbonyl (C=O) groups is 1. The van der Waals surface area contributed by atoms with E-state index in [1.165, 1.54) is 0 Å². The van der Waals surface area contributed by atoms with Crippen LogP contribution in [0.5, 0.6) is 0 Å². The van der Waals surface area contributed by atoms with E-state index in [9.17, 15) is 4.79 Å². The second-order valence-corrected chi connectivity index (χ2v) is 7.50. The van der Waals surface area contributed by atoms with E-state index in [2.05, 4.69) is 0 Å². The molecule has 0 spiro atoms. The third-order valence-corrected chi connectivity index (χ3v) is 6.26. The summed E-state index contributed by atoms with van der Waals surface area (Å²) in [5, 5.41) is 1.20. The maximum atomic E-state index is 13.3. The molecule has 116 valence electrons. The number of thioether (sulfide) groups is 1. The second kappa shape index (κ2) is 5.51. The Balaban J connectivity index is 1.83. The first-order valence-corrected chi connectivity index (χ1v) is 9.03. The van der Waals surface area contributed by atoms with Crippen molar-refractivity contribution in [3.8, 4) is 0 Å². The van der Waals surface area contributed by atoms with E-state index in [1.54, 1.807) is 28.8 Å². The molecule has 2 fully saturated rings. The zero-order valence-corrected chi connectivity index (χ0v) is 14.5. The Bertz CT molecular complexity index is 781. The summed E-state index contributed by atoms with van der Waals surface area (Å²) in [6.45, 7) is 0.772. The van der Waals surface area contributed by atoms with Crippen molar-refractivity contribution >= 4 is 52.3 Å². The molecular formula is C17H13ClN2OS2. The summed E-state index contributed by atoms with van der Waals surface area (Å²) in [7, 11) is 0. The molecule has 0 aromatic heterocycles. The molecule has 1 atom stereocenters. The van der Waals surface area contributed by atoms with Crippen LogP contribution in [0.2, 0.25) is 5.02 Å². The molecule has 2 heterocycles. The Morgan fingerprint density at radius 3 is 2.48 bits per heavy atom. The molecule has 0 radical (unpaired) electrons. The van der Waals surface area contributed by atoms with Gasteiger partial charge in [-0.05, 0) is 42.0 Å². The molecule has 1 amide bonds. The van der Waals surface area contributed by atoms with Crippen molar-refractivity contribution < 1.29 is 4.79 Å². The Kier molecular flexibility index (Phi) is 3.59.